The molecule has 5 heteroatoms. The maximum Gasteiger partial charge on any atom is 0.157 e. The molecule has 271 valence electrons. The zero-order valence-corrected chi connectivity index (χ0v) is 36.7. The van der Waals surface area contributed by atoms with E-state index in [0.29, 0.717) is 5.92 Å². The minimum atomic E-state index is -1.47. The Morgan fingerprint density at radius 3 is 0.962 bits per heavy atom. The molecule has 0 bridgehead atoms. The average molecular weight is 808 g/mol. The largest absolute Gasteiger partial charge is 0.266 e. The van der Waals surface area contributed by atoms with E-state index in [0.717, 1.165) is 0 Å². The summed E-state index contributed by atoms with van der Waals surface area (Å²) in [4.78, 5) is 0. The van der Waals surface area contributed by atoms with E-state index in [2.05, 4.69) is 200 Å². The topological polar surface area (TPSA) is 0 Å². The number of hydrogen-bond acceptors (Lipinski definition) is 0. The summed E-state index contributed by atoms with van der Waals surface area (Å²) >= 11 is 0. The molecule has 1 aliphatic rings. The Hall–Kier alpha value is -3.40. The molecule has 0 nitrogen and oxygen atoms in total. The second-order valence-electron chi connectivity index (χ2n) is 13.4. The van der Waals surface area contributed by atoms with Gasteiger partial charge in [-0.15, -0.1) is 44.1 Å². The van der Waals surface area contributed by atoms with Crippen molar-refractivity contribution in [3.05, 3.63) is 185 Å². The molecule has 0 spiro atoms. The van der Waals surface area contributed by atoms with Crippen molar-refractivity contribution in [2.75, 3.05) is 0 Å². The summed E-state index contributed by atoms with van der Waals surface area (Å²) < 4.78 is 0. The molecule has 0 fully saturated rings. The van der Waals surface area contributed by atoms with E-state index in [1.165, 1.54) is 82.4 Å². The molecule has 7 rings (SSSR count). The van der Waals surface area contributed by atoms with Gasteiger partial charge in [0.15, 0.2) is 8.80 Å². The summed E-state index contributed by atoms with van der Waals surface area (Å²) in [5.41, 5.74) is 15.9. The van der Waals surface area contributed by atoms with E-state index < -0.39 is 8.80 Å². The molecule has 6 aromatic carbocycles. The summed E-state index contributed by atoms with van der Waals surface area (Å²) in [6.45, 7) is 15.3. The van der Waals surface area contributed by atoms with E-state index in [4.69, 9.17) is 0 Å². The van der Waals surface area contributed by atoms with Crippen molar-refractivity contribution in [1.29, 1.82) is 0 Å². The van der Waals surface area contributed by atoms with Gasteiger partial charge >= 0.3 is 0 Å². The first kappa shape index (κ1) is 45.8. The molecule has 1 aliphatic carbocycles. The van der Waals surface area contributed by atoms with Gasteiger partial charge in [-0.3, -0.25) is 6.08 Å². The molecule has 0 aromatic heterocycles. The maximum atomic E-state index is 3.36. The fraction of sp³-hybridized carbons (Fsp3) is 0.167. The van der Waals surface area contributed by atoms with Gasteiger partial charge in [0.2, 0.25) is 0 Å². The SMILES string of the molecule is CC1=[C-]C(C)C(C)=C1C.Cc1ccc(-c2ccccc2)c([Si](c2cc(C)ccc2-c2ccccc2)c2cc(C)ccc2-c2ccccc2)c1.Cl.Cl.Cl.[Ti]. The van der Waals surface area contributed by atoms with Gasteiger partial charge < -0.3 is 0 Å². The zero-order chi connectivity index (χ0) is 34.5. The van der Waals surface area contributed by atoms with Crippen LogP contribution in [0.2, 0.25) is 0 Å². The van der Waals surface area contributed by atoms with Crippen LogP contribution in [0, 0.1) is 32.8 Å². The van der Waals surface area contributed by atoms with E-state index in [1.54, 1.807) is 0 Å². The van der Waals surface area contributed by atoms with Crippen LogP contribution in [-0.4, -0.2) is 8.80 Å². The summed E-state index contributed by atoms with van der Waals surface area (Å²) in [6.07, 6.45) is 3.36. The Morgan fingerprint density at radius 1 is 0.434 bits per heavy atom. The van der Waals surface area contributed by atoms with Crippen molar-refractivity contribution in [1.82, 2.24) is 0 Å². The van der Waals surface area contributed by atoms with Gasteiger partial charge in [0.25, 0.3) is 0 Å². The zero-order valence-electron chi connectivity index (χ0n) is 31.7. The Labute approximate surface area is 353 Å². The van der Waals surface area contributed by atoms with E-state index in [1.807, 2.05) is 0 Å². The van der Waals surface area contributed by atoms with Gasteiger partial charge in [0.05, 0.1) is 0 Å². The number of allylic oxidation sites excluding steroid dienone is 4. The predicted molar refractivity (Wildman–Crippen MR) is 236 cm³/mol. The third-order valence-electron chi connectivity index (χ3n) is 9.82. The van der Waals surface area contributed by atoms with Crippen LogP contribution in [0.5, 0.6) is 0 Å². The molecular weight excluding hydrogens is 759 g/mol. The van der Waals surface area contributed by atoms with Crippen LogP contribution in [-0.2, 0) is 21.7 Å². The van der Waals surface area contributed by atoms with Gasteiger partial charge in [-0.25, -0.2) is 5.57 Å². The van der Waals surface area contributed by atoms with Crippen molar-refractivity contribution in [3.63, 3.8) is 0 Å². The van der Waals surface area contributed by atoms with Crippen molar-refractivity contribution >= 4 is 61.6 Å². The number of hydrogen-bond donors (Lipinski definition) is 0. The third kappa shape index (κ3) is 10.6. The molecule has 0 aliphatic heterocycles. The number of aryl methyl sites for hydroxylation is 3. The molecule has 1 atom stereocenters. The van der Waals surface area contributed by atoms with Crippen molar-refractivity contribution in [2.24, 2.45) is 5.92 Å². The Morgan fingerprint density at radius 2 is 0.736 bits per heavy atom. The molecule has 0 N–H and O–H groups in total. The first-order valence-electron chi connectivity index (χ1n) is 17.4. The predicted octanol–water partition coefficient (Wildman–Crippen LogP) is 12.1. The number of halogens is 3. The summed E-state index contributed by atoms with van der Waals surface area (Å²) in [6, 6.07) is 53.8. The van der Waals surface area contributed by atoms with Crippen LogP contribution < -0.4 is 15.6 Å². The second-order valence-corrected chi connectivity index (χ2v) is 15.8. The van der Waals surface area contributed by atoms with Crippen LogP contribution >= 0.6 is 37.2 Å². The average Bonchev–Trinajstić information content (AvgIpc) is 3.34. The van der Waals surface area contributed by atoms with Gasteiger partial charge in [-0.05, 0) is 69.7 Å². The van der Waals surface area contributed by atoms with E-state index in [-0.39, 0.29) is 58.9 Å². The Bertz CT molecular complexity index is 1930. The van der Waals surface area contributed by atoms with Crippen LogP contribution in [0.3, 0.4) is 0 Å². The van der Waals surface area contributed by atoms with Crippen LogP contribution in [0.4, 0.5) is 0 Å². The van der Waals surface area contributed by atoms with Crippen molar-refractivity contribution < 1.29 is 21.7 Å². The number of rotatable bonds is 6. The van der Waals surface area contributed by atoms with Crippen molar-refractivity contribution in [3.8, 4) is 33.4 Å². The number of benzene rings is 6. The Balaban J connectivity index is 0.000000660. The molecule has 53 heavy (non-hydrogen) atoms. The first-order chi connectivity index (χ1) is 23.7. The molecule has 1 radical (unpaired) electrons. The normalized spacial score (nSPS) is 13.0. The fourth-order valence-corrected chi connectivity index (χ4v) is 10.3. The van der Waals surface area contributed by atoms with Gasteiger partial charge in [-0.1, -0.05) is 189 Å². The Kier molecular flexibility index (Phi) is 18.0. The summed E-state index contributed by atoms with van der Waals surface area (Å²) in [7, 11) is -1.47. The molecule has 0 saturated carbocycles. The quantitative estimate of drug-likeness (QED) is 0.0893. The van der Waals surface area contributed by atoms with Crippen LogP contribution in [0.15, 0.2) is 162 Å². The van der Waals surface area contributed by atoms with E-state index in [9.17, 15) is 0 Å². The second kappa shape index (κ2) is 20.9. The van der Waals surface area contributed by atoms with Crippen LogP contribution in [0.1, 0.15) is 44.4 Å². The first-order valence-corrected chi connectivity index (χ1v) is 18.9. The molecular formula is C48H49Cl3SiTi-. The van der Waals surface area contributed by atoms with Crippen LogP contribution in [0.25, 0.3) is 33.4 Å². The molecule has 0 saturated heterocycles. The molecule has 0 amide bonds. The van der Waals surface area contributed by atoms with Gasteiger partial charge in [0, 0.05) is 21.7 Å². The monoisotopic (exact) mass is 806 g/mol. The fourth-order valence-electron chi connectivity index (χ4n) is 6.80. The summed E-state index contributed by atoms with van der Waals surface area (Å²) in [5.74, 6) is 0.560. The maximum absolute atomic E-state index is 3.36. The minimum absolute atomic E-state index is 0. The third-order valence-corrected chi connectivity index (χ3v) is 12.7. The van der Waals surface area contributed by atoms with Crippen molar-refractivity contribution in [2.45, 2.75) is 48.5 Å². The van der Waals surface area contributed by atoms with Gasteiger partial charge in [0.1, 0.15) is 0 Å². The van der Waals surface area contributed by atoms with Gasteiger partial charge in [-0.2, -0.15) is 11.1 Å². The standard InChI is InChI=1S/C39H33Si.C9H13.3ClH.Ti/c1-28-19-22-34(31-13-7-4-8-14-31)37(25-28)40(38-26-29(2)20-23-35(38)32-15-9-5-10-16-32)39-27-30(3)21-24-36(39)33-17-11-6-12-18-33;1-6-5-7(2)9(4)8(6)3;;;;/h4-27H,1-3H3;6H,1-4H3;3*1H;/q;-1;;;;. The molecule has 6 aromatic rings. The molecule has 1 unspecified atom stereocenters. The smallest absolute Gasteiger partial charge is 0.157 e. The minimum Gasteiger partial charge on any atom is -0.266 e. The van der Waals surface area contributed by atoms with E-state index >= 15 is 0 Å². The summed E-state index contributed by atoms with van der Waals surface area (Å²) in [5, 5.41) is 4.30. The molecule has 0 heterocycles.